The van der Waals surface area contributed by atoms with E-state index in [-0.39, 0.29) is 6.79 Å². The van der Waals surface area contributed by atoms with E-state index in [0.717, 1.165) is 0 Å². The van der Waals surface area contributed by atoms with E-state index in [1.54, 1.807) is 18.2 Å². The molecule has 1 aliphatic carbocycles. The van der Waals surface area contributed by atoms with Gasteiger partial charge in [-0.1, -0.05) is 6.07 Å². The Bertz CT molecular complexity index is 418. The summed E-state index contributed by atoms with van der Waals surface area (Å²) in [4.78, 5) is 11.7. The van der Waals surface area contributed by atoms with Crippen LogP contribution in [-0.4, -0.2) is 19.4 Å². The highest BCUT2D eigenvalue weighted by Gasteiger charge is 2.21. The molecule has 0 unspecified atom stereocenters. The molecule has 1 aliphatic rings. The molecule has 0 aromatic heterocycles. The zero-order valence-electron chi connectivity index (χ0n) is 9.32. The van der Waals surface area contributed by atoms with Crippen molar-refractivity contribution >= 4 is 27.6 Å². The minimum absolute atomic E-state index is 0.00340. The van der Waals surface area contributed by atoms with Gasteiger partial charge in [0.25, 0.3) is 0 Å². The molecule has 17 heavy (non-hydrogen) atoms. The molecule has 92 valence electrons. The van der Waals surface area contributed by atoms with Crippen molar-refractivity contribution in [3.05, 3.63) is 28.2 Å². The zero-order chi connectivity index (χ0) is 12.3. The second-order valence-corrected chi connectivity index (χ2v) is 4.87. The quantitative estimate of drug-likeness (QED) is 0.393. The molecule has 1 fully saturated rings. The van der Waals surface area contributed by atoms with Crippen LogP contribution in [-0.2, 0) is 9.47 Å². The van der Waals surface area contributed by atoms with Crippen LogP contribution in [0.1, 0.15) is 23.2 Å². The molecule has 1 aromatic rings. The normalized spacial score (nSPS) is 14.6. The summed E-state index contributed by atoms with van der Waals surface area (Å²) in [5.41, 5.74) is 6.60. The highest BCUT2D eigenvalue weighted by Crippen LogP contribution is 2.28. The highest BCUT2D eigenvalue weighted by molar-refractivity contribution is 9.10. The second kappa shape index (κ2) is 5.51. The molecule has 4 nitrogen and oxygen atoms in total. The van der Waals surface area contributed by atoms with Gasteiger partial charge < -0.3 is 15.2 Å². The summed E-state index contributed by atoms with van der Waals surface area (Å²) in [5.74, 6) is 0.229. The van der Waals surface area contributed by atoms with Gasteiger partial charge >= 0.3 is 5.97 Å². The van der Waals surface area contributed by atoms with Crippen molar-refractivity contribution in [3.8, 4) is 0 Å². The molecule has 0 saturated heterocycles. The number of hydrogen-bond donors (Lipinski definition) is 1. The third-order valence-electron chi connectivity index (χ3n) is 2.57. The Hall–Kier alpha value is -1.07. The summed E-state index contributed by atoms with van der Waals surface area (Å²) in [6.45, 7) is 0.669. The fraction of sp³-hybridized carbons (Fsp3) is 0.417. The maximum Gasteiger partial charge on any atom is 0.341 e. The van der Waals surface area contributed by atoms with Gasteiger partial charge in [0, 0.05) is 5.69 Å². The maximum atomic E-state index is 11.7. The van der Waals surface area contributed by atoms with Gasteiger partial charge in [-0.05, 0) is 46.8 Å². The van der Waals surface area contributed by atoms with Crippen LogP contribution in [0.4, 0.5) is 5.69 Å². The molecule has 0 aliphatic heterocycles. The monoisotopic (exact) mass is 299 g/mol. The van der Waals surface area contributed by atoms with Crippen LogP contribution in [0.3, 0.4) is 0 Å². The number of benzene rings is 1. The van der Waals surface area contributed by atoms with E-state index in [9.17, 15) is 4.79 Å². The lowest BCUT2D eigenvalue weighted by molar-refractivity contribution is -0.0345. The van der Waals surface area contributed by atoms with Gasteiger partial charge in [0.05, 0.1) is 16.6 Å². The maximum absolute atomic E-state index is 11.7. The van der Waals surface area contributed by atoms with Crippen molar-refractivity contribution in [1.82, 2.24) is 0 Å². The first-order valence-electron chi connectivity index (χ1n) is 5.47. The van der Waals surface area contributed by atoms with E-state index in [4.69, 9.17) is 15.2 Å². The average molecular weight is 300 g/mol. The molecule has 1 aromatic carbocycles. The van der Waals surface area contributed by atoms with Gasteiger partial charge in [0.15, 0.2) is 6.79 Å². The summed E-state index contributed by atoms with van der Waals surface area (Å²) in [7, 11) is 0. The van der Waals surface area contributed by atoms with Crippen molar-refractivity contribution in [2.45, 2.75) is 12.8 Å². The fourth-order valence-electron chi connectivity index (χ4n) is 1.38. The number of rotatable bonds is 5. The minimum Gasteiger partial charge on any atom is -0.435 e. The molecule has 0 atom stereocenters. The lowest BCUT2D eigenvalue weighted by atomic mass is 10.2. The Balaban J connectivity index is 1.83. The Morgan fingerprint density at radius 2 is 2.24 bits per heavy atom. The van der Waals surface area contributed by atoms with Gasteiger partial charge in [-0.15, -0.1) is 0 Å². The van der Waals surface area contributed by atoms with E-state index in [2.05, 4.69) is 15.9 Å². The van der Waals surface area contributed by atoms with E-state index >= 15 is 0 Å². The lowest BCUT2D eigenvalue weighted by Gasteiger charge is -2.08. The van der Waals surface area contributed by atoms with Crippen LogP contribution in [0.15, 0.2) is 22.7 Å². The zero-order valence-corrected chi connectivity index (χ0v) is 10.9. The molecule has 2 rings (SSSR count). The van der Waals surface area contributed by atoms with E-state index in [1.165, 1.54) is 12.8 Å². The number of carbonyl (C=O) groups excluding carboxylic acids is 1. The van der Waals surface area contributed by atoms with Crippen LogP contribution < -0.4 is 5.73 Å². The standard InChI is InChI=1S/C12H14BrNO3/c13-11-9(2-1-3-10(11)14)12(15)17-7-16-6-8-4-5-8/h1-3,8H,4-7,14H2. The highest BCUT2D eigenvalue weighted by atomic mass is 79.9. The number of anilines is 1. The lowest BCUT2D eigenvalue weighted by Crippen LogP contribution is -2.11. The number of hydrogen-bond acceptors (Lipinski definition) is 4. The van der Waals surface area contributed by atoms with Crippen LogP contribution in [0.25, 0.3) is 0 Å². The van der Waals surface area contributed by atoms with Crippen LogP contribution in [0.5, 0.6) is 0 Å². The predicted molar refractivity (Wildman–Crippen MR) is 67.5 cm³/mol. The van der Waals surface area contributed by atoms with Crippen LogP contribution >= 0.6 is 15.9 Å². The molecule has 0 bridgehead atoms. The van der Waals surface area contributed by atoms with Crippen molar-refractivity contribution in [2.75, 3.05) is 19.1 Å². The fourth-order valence-corrected chi connectivity index (χ4v) is 1.81. The molecule has 0 amide bonds. The first kappa shape index (κ1) is 12.4. The Kier molecular flexibility index (Phi) is 4.02. The first-order valence-corrected chi connectivity index (χ1v) is 6.26. The van der Waals surface area contributed by atoms with Crippen molar-refractivity contribution in [2.24, 2.45) is 5.92 Å². The van der Waals surface area contributed by atoms with Gasteiger partial charge in [-0.3, -0.25) is 0 Å². The molecule has 1 saturated carbocycles. The summed E-state index contributed by atoms with van der Waals surface area (Å²) in [5, 5.41) is 0. The average Bonchev–Trinajstić information content (AvgIpc) is 3.12. The molecule has 0 spiro atoms. The number of nitrogens with two attached hydrogens (primary N) is 1. The van der Waals surface area contributed by atoms with Gasteiger partial charge in [0.2, 0.25) is 0 Å². The smallest absolute Gasteiger partial charge is 0.341 e. The largest absolute Gasteiger partial charge is 0.435 e. The minimum atomic E-state index is -0.431. The SMILES string of the molecule is Nc1cccc(C(=O)OCOCC2CC2)c1Br. The number of nitrogen functional groups attached to an aromatic ring is 1. The number of esters is 1. The molecular weight excluding hydrogens is 286 g/mol. The van der Waals surface area contributed by atoms with Crippen molar-refractivity contribution < 1.29 is 14.3 Å². The summed E-state index contributed by atoms with van der Waals surface area (Å²) < 4.78 is 10.8. The van der Waals surface area contributed by atoms with Gasteiger partial charge in [-0.2, -0.15) is 0 Å². The van der Waals surface area contributed by atoms with E-state index in [0.29, 0.717) is 28.2 Å². The second-order valence-electron chi connectivity index (χ2n) is 4.07. The first-order chi connectivity index (χ1) is 8.18. The molecule has 5 heteroatoms. The number of ether oxygens (including phenoxy) is 2. The van der Waals surface area contributed by atoms with Crippen molar-refractivity contribution in [3.63, 3.8) is 0 Å². The third-order valence-corrected chi connectivity index (χ3v) is 3.46. The van der Waals surface area contributed by atoms with Gasteiger partial charge in [0.1, 0.15) is 0 Å². The molecule has 0 radical (unpaired) electrons. The van der Waals surface area contributed by atoms with Gasteiger partial charge in [-0.25, -0.2) is 4.79 Å². The van der Waals surface area contributed by atoms with Crippen molar-refractivity contribution in [1.29, 1.82) is 0 Å². The number of carbonyl (C=O) groups is 1. The molecular formula is C12H14BrNO3. The van der Waals surface area contributed by atoms with Crippen LogP contribution in [0, 0.1) is 5.92 Å². The van der Waals surface area contributed by atoms with E-state index < -0.39 is 5.97 Å². The Labute approximate surface area is 108 Å². The third kappa shape index (κ3) is 3.44. The summed E-state index contributed by atoms with van der Waals surface area (Å²) in [6, 6.07) is 5.08. The Morgan fingerprint density at radius 3 is 2.94 bits per heavy atom. The topological polar surface area (TPSA) is 61.6 Å². The number of halogens is 1. The summed E-state index contributed by atoms with van der Waals surface area (Å²) in [6.07, 6.45) is 2.43. The molecule has 0 heterocycles. The van der Waals surface area contributed by atoms with E-state index in [1.807, 2.05) is 0 Å². The molecule has 2 N–H and O–H groups in total. The predicted octanol–water partition coefficient (Wildman–Crippen LogP) is 2.57. The Morgan fingerprint density at radius 1 is 1.47 bits per heavy atom. The van der Waals surface area contributed by atoms with Crippen LogP contribution in [0.2, 0.25) is 0 Å². The summed E-state index contributed by atoms with van der Waals surface area (Å²) >= 11 is 3.26.